The summed E-state index contributed by atoms with van der Waals surface area (Å²) >= 11 is 0. The standard InChI is InChI=1S/C11H23NO/c1-9(2)12-8-7-11(13)10-5-3-4-6-10/h9-13H,3-8H2,1-2H3. The first-order valence-corrected chi connectivity index (χ1v) is 5.61. The molecule has 2 nitrogen and oxygen atoms in total. The van der Waals surface area contributed by atoms with Crippen LogP contribution in [0.3, 0.4) is 0 Å². The lowest BCUT2D eigenvalue weighted by molar-refractivity contribution is 0.101. The summed E-state index contributed by atoms with van der Waals surface area (Å²) in [4.78, 5) is 0. The fourth-order valence-corrected chi connectivity index (χ4v) is 2.10. The Hall–Kier alpha value is -0.0800. The van der Waals surface area contributed by atoms with Gasteiger partial charge in [0.15, 0.2) is 0 Å². The van der Waals surface area contributed by atoms with Crippen molar-refractivity contribution in [1.82, 2.24) is 5.32 Å². The molecule has 0 aromatic carbocycles. The van der Waals surface area contributed by atoms with E-state index in [1.165, 1.54) is 25.7 Å². The lowest BCUT2D eigenvalue weighted by atomic mass is 9.98. The third-order valence-electron chi connectivity index (χ3n) is 2.94. The molecule has 78 valence electrons. The van der Waals surface area contributed by atoms with Gasteiger partial charge in [0.1, 0.15) is 0 Å². The van der Waals surface area contributed by atoms with Crippen LogP contribution in [0.2, 0.25) is 0 Å². The number of hydrogen-bond acceptors (Lipinski definition) is 2. The summed E-state index contributed by atoms with van der Waals surface area (Å²) in [5.41, 5.74) is 0. The molecule has 1 rings (SSSR count). The van der Waals surface area contributed by atoms with E-state index in [0.29, 0.717) is 12.0 Å². The van der Waals surface area contributed by atoms with E-state index in [1.807, 2.05) is 0 Å². The highest BCUT2D eigenvalue weighted by Crippen LogP contribution is 2.28. The van der Waals surface area contributed by atoms with E-state index in [2.05, 4.69) is 19.2 Å². The van der Waals surface area contributed by atoms with Crippen LogP contribution >= 0.6 is 0 Å². The maximum atomic E-state index is 9.82. The number of aliphatic hydroxyl groups is 1. The molecule has 0 aliphatic heterocycles. The average Bonchev–Trinajstić information content (AvgIpc) is 2.55. The minimum Gasteiger partial charge on any atom is -0.393 e. The van der Waals surface area contributed by atoms with E-state index < -0.39 is 0 Å². The third kappa shape index (κ3) is 4.10. The third-order valence-corrected chi connectivity index (χ3v) is 2.94. The fraction of sp³-hybridized carbons (Fsp3) is 1.00. The van der Waals surface area contributed by atoms with Gasteiger partial charge in [-0.15, -0.1) is 0 Å². The van der Waals surface area contributed by atoms with Crippen LogP contribution in [0.1, 0.15) is 46.0 Å². The summed E-state index contributed by atoms with van der Waals surface area (Å²) in [5, 5.41) is 13.2. The molecule has 1 aliphatic rings. The lowest BCUT2D eigenvalue weighted by Gasteiger charge is -2.18. The van der Waals surface area contributed by atoms with E-state index in [9.17, 15) is 5.11 Å². The van der Waals surface area contributed by atoms with Crippen molar-refractivity contribution in [2.45, 2.75) is 58.1 Å². The molecule has 0 amide bonds. The Kier molecular flexibility index (Phi) is 4.74. The van der Waals surface area contributed by atoms with Crippen LogP contribution in [0.4, 0.5) is 0 Å². The van der Waals surface area contributed by atoms with Gasteiger partial charge in [-0.25, -0.2) is 0 Å². The Morgan fingerprint density at radius 2 is 1.92 bits per heavy atom. The maximum absolute atomic E-state index is 9.82. The van der Waals surface area contributed by atoms with E-state index in [-0.39, 0.29) is 6.10 Å². The van der Waals surface area contributed by atoms with Crippen LogP contribution < -0.4 is 5.32 Å². The van der Waals surface area contributed by atoms with Crippen molar-refractivity contribution in [2.75, 3.05) is 6.54 Å². The smallest absolute Gasteiger partial charge is 0.0580 e. The molecule has 1 saturated carbocycles. The Labute approximate surface area is 81.7 Å². The predicted octanol–water partition coefficient (Wildman–Crippen LogP) is 1.93. The van der Waals surface area contributed by atoms with Crippen molar-refractivity contribution in [3.05, 3.63) is 0 Å². The van der Waals surface area contributed by atoms with E-state index in [0.717, 1.165) is 13.0 Å². The molecule has 1 fully saturated rings. The number of aliphatic hydroxyl groups excluding tert-OH is 1. The van der Waals surface area contributed by atoms with E-state index in [4.69, 9.17) is 0 Å². The van der Waals surface area contributed by atoms with Gasteiger partial charge in [-0.1, -0.05) is 26.7 Å². The SMILES string of the molecule is CC(C)NCCC(O)C1CCCC1. The maximum Gasteiger partial charge on any atom is 0.0580 e. The van der Waals surface area contributed by atoms with Crippen molar-refractivity contribution in [3.8, 4) is 0 Å². The Balaban J connectivity index is 2.06. The molecule has 13 heavy (non-hydrogen) atoms. The Morgan fingerprint density at radius 1 is 1.31 bits per heavy atom. The van der Waals surface area contributed by atoms with Gasteiger partial charge in [0.25, 0.3) is 0 Å². The zero-order valence-corrected chi connectivity index (χ0v) is 8.92. The topological polar surface area (TPSA) is 32.3 Å². The van der Waals surface area contributed by atoms with Crippen molar-refractivity contribution < 1.29 is 5.11 Å². The molecule has 2 N–H and O–H groups in total. The summed E-state index contributed by atoms with van der Waals surface area (Å²) in [7, 11) is 0. The molecule has 1 aliphatic carbocycles. The number of hydrogen-bond donors (Lipinski definition) is 2. The minimum atomic E-state index is -0.0613. The molecule has 0 bridgehead atoms. The predicted molar refractivity (Wildman–Crippen MR) is 55.7 cm³/mol. The molecular weight excluding hydrogens is 162 g/mol. The summed E-state index contributed by atoms with van der Waals surface area (Å²) in [6.07, 6.45) is 5.97. The van der Waals surface area contributed by atoms with Crippen LogP contribution in [0.5, 0.6) is 0 Å². The molecule has 0 spiro atoms. The average molecular weight is 185 g/mol. The molecule has 0 saturated heterocycles. The zero-order chi connectivity index (χ0) is 9.68. The summed E-state index contributed by atoms with van der Waals surface area (Å²) < 4.78 is 0. The van der Waals surface area contributed by atoms with Crippen LogP contribution in [0.15, 0.2) is 0 Å². The van der Waals surface area contributed by atoms with Gasteiger partial charge in [-0.05, 0) is 31.7 Å². The first-order chi connectivity index (χ1) is 6.20. The highest BCUT2D eigenvalue weighted by Gasteiger charge is 2.22. The highest BCUT2D eigenvalue weighted by molar-refractivity contribution is 4.75. The molecular formula is C11H23NO. The van der Waals surface area contributed by atoms with E-state index in [1.54, 1.807) is 0 Å². The molecule has 1 unspecified atom stereocenters. The Morgan fingerprint density at radius 3 is 2.46 bits per heavy atom. The zero-order valence-electron chi connectivity index (χ0n) is 8.92. The minimum absolute atomic E-state index is 0.0613. The molecule has 0 aromatic heterocycles. The number of nitrogens with one attached hydrogen (secondary N) is 1. The van der Waals surface area contributed by atoms with Crippen molar-refractivity contribution >= 4 is 0 Å². The van der Waals surface area contributed by atoms with Crippen LogP contribution in [0.25, 0.3) is 0 Å². The summed E-state index contributed by atoms with van der Waals surface area (Å²) in [6.45, 7) is 5.24. The van der Waals surface area contributed by atoms with Gasteiger partial charge in [0.2, 0.25) is 0 Å². The normalized spacial score (nSPS) is 21.2. The summed E-state index contributed by atoms with van der Waals surface area (Å²) in [6, 6.07) is 0.538. The molecule has 1 atom stereocenters. The van der Waals surface area contributed by atoms with Crippen molar-refractivity contribution in [1.29, 1.82) is 0 Å². The van der Waals surface area contributed by atoms with Gasteiger partial charge in [-0.3, -0.25) is 0 Å². The molecule has 0 aromatic rings. The van der Waals surface area contributed by atoms with Gasteiger partial charge in [0, 0.05) is 6.04 Å². The lowest BCUT2D eigenvalue weighted by Crippen LogP contribution is -2.29. The van der Waals surface area contributed by atoms with Gasteiger partial charge in [0.05, 0.1) is 6.10 Å². The van der Waals surface area contributed by atoms with E-state index >= 15 is 0 Å². The van der Waals surface area contributed by atoms with Crippen LogP contribution in [0, 0.1) is 5.92 Å². The van der Waals surface area contributed by atoms with Crippen molar-refractivity contribution in [3.63, 3.8) is 0 Å². The second-order valence-corrected chi connectivity index (χ2v) is 4.51. The fourth-order valence-electron chi connectivity index (χ4n) is 2.10. The second kappa shape index (κ2) is 5.61. The first-order valence-electron chi connectivity index (χ1n) is 5.61. The number of rotatable bonds is 5. The highest BCUT2D eigenvalue weighted by atomic mass is 16.3. The summed E-state index contributed by atoms with van der Waals surface area (Å²) in [5.74, 6) is 0.592. The first kappa shape index (κ1) is 11.0. The molecule has 0 heterocycles. The quantitative estimate of drug-likeness (QED) is 0.686. The Bertz CT molecular complexity index is 130. The van der Waals surface area contributed by atoms with Crippen LogP contribution in [-0.4, -0.2) is 23.8 Å². The monoisotopic (exact) mass is 185 g/mol. The van der Waals surface area contributed by atoms with Crippen molar-refractivity contribution in [2.24, 2.45) is 5.92 Å². The van der Waals surface area contributed by atoms with Gasteiger partial charge in [-0.2, -0.15) is 0 Å². The second-order valence-electron chi connectivity index (χ2n) is 4.51. The van der Waals surface area contributed by atoms with Gasteiger partial charge >= 0.3 is 0 Å². The largest absolute Gasteiger partial charge is 0.393 e. The van der Waals surface area contributed by atoms with Crippen LogP contribution in [-0.2, 0) is 0 Å². The molecule has 2 heteroatoms. The van der Waals surface area contributed by atoms with Gasteiger partial charge < -0.3 is 10.4 Å². The molecule has 0 radical (unpaired) electrons.